The zero-order valence-electron chi connectivity index (χ0n) is 17.4. The second-order valence-corrected chi connectivity index (χ2v) is 9.33. The van der Waals surface area contributed by atoms with Crippen molar-refractivity contribution in [1.82, 2.24) is 0 Å². The highest BCUT2D eigenvalue weighted by molar-refractivity contribution is 7.92. The monoisotopic (exact) mass is 433 g/mol. The number of ether oxygens (including phenoxy) is 1. The Hall–Kier alpha value is -3.38. The van der Waals surface area contributed by atoms with Crippen LogP contribution in [0.25, 0.3) is 11.6 Å². The SMILES string of the molecule is COC(=O)c1ccc2c(c1)CCc1ccccc1C2=Cc1cccc(NS(C)(=O)=O)c1. The van der Waals surface area contributed by atoms with Crippen molar-refractivity contribution < 1.29 is 17.9 Å². The number of carbonyl (C=O) groups is 1. The minimum absolute atomic E-state index is 0.352. The van der Waals surface area contributed by atoms with Crippen LogP contribution in [-0.2, 0) is 27.6 Å². The third-order valence-corrected chi connectivity index (χ3v) is 5.90. The molecule has 0 saturated heterocycles. The van der Waals surface area contributed by atoms with Crippen molar-refractivity contribution in [1.29, 1.82) is 0 Å². The molecule has 1 aliphatic rings. The Morgan fingerprint density at radius 2 is 1.68 bits per heavy atom. The molecule has 0 fully saturated rings. The molecule has 5 nitrogen and oxygen atoms in total. The molecule has 3 aromatic rings. The molecule has 158 valence electrons. The molecule has 31 heavy (non-hydrogen) atoms. The molecule has 3 aromatic carbocycles. The Morgan fingerprint density at radius 3 is 2.45 bits per heavy atom. The van der Waals surface area contributed by atoms with Gasteiger partial charge in [0.2, 0.25) is 10.0 Å². The zero-order valence-corrected chi connectivity index (χ0v) is 18.2. The summed E-state index contributed by atoms with van der Waals surface area (Å²) >= 11 is 0. The molecule has 1 aliphatic carbocycles. The summed E-state index contributed by atoms with van der Waals surface area (Å²) in [5.41, 5.74) is 7.46. The number of aryl methyl sites for hydroxylation is 2. The second kappa shape index (κ2) is 8.40. The van der Waals surface area contributed by atoms with Crippen molar-refractivity contribution in [2.75, 3.05) is 18.1 Å². The number of sulfonamides is 1. The topological polar surface area (TPSA) is 72.5 Å². The molecule has 0 atom stereocenters. The standard InChI is InChI=1S/C25H23NO4S/c1-30-25(27)20-12-13-23-19(16-20)11-10-18-7-3-4-9-22(18)24(23)15-17-6-5-8-21(14-17)26-31(2,28)29/h3-9,12-16,26H,10-11H2,1-2H3. The minimum Gasteiger partial charge on any atom is -0.465 e. The van der Waals surface area contributed by atoms with E-state index in [-0.39, 0.29) is 5.97 Å². The average molecular weight is 434 g/mol. The van der Waals surface area contributed by atoms with Crippen LogP contribution in [0.2, 0.25) is 0 Å². The molecule has 0 heterocycles. The van der Waals surface area contributed by atoms with Gasteiger partial charge in [0.1, 0.15) is 0 Å². The molecule has 0 amide bonds. The van der Waals surface area contributed by atoms with Crippen LogP contribution in [0.5, 0.6) is 0 Å². The fourth-order valence-corrected chi connectivity index (χ4v) is 4.51. The van der Waals surface area contributed by atoms with Gasteiger partial charge in [-0.25, -0.2) is 13.2 Å². The highest BCUT2D eigenvalue weighted by atomic mass is 32.2. The van der Waals surface area contributed by atoms with Gasteiger partial charge in [-0.3, -0.25) is 4.72 Å². The third kappa shape index (κ3) is 4.70. The number of benzene rings is 3. The van der Waals surface area contributed by atoms with Crippen LogP contribution in [-0.4, -0.2) is 27.8 Å². The Balaban J connectivity index is 1.87. The zero-order chi connectivity index (χ0) is 22.0. The van der Waals surface area contributed by atoms with Gasteiger partial charge in [-0.1, -0.05) is 42.5 Å². The molecule has 6 heteroatoms. The van der Waals surface area contributed by atoms with E-state index in [9.17, 15) is 13.2 Å². The molecule has 0 spiro atoms. The molecular weight excluding hydrogens is 410 g/mol. The quantitative estimate of drug-likeness (QED) is 0.614. The predicted molar refractivity (Wildman–Crippen MR) is 124 cm³/mol. The maximum atomic E-state index is 12.0. The molecule has 0 bridgehead atoms. The second-order valence-electron chi connectivity index (χ2n) is 7.58. The Morgan fingerprint density at radius 1 is 0.935 bits per heavy atom. The molecule has 0 unspecified atom stereocenters. The van der Waals surface area contributed by atoms with E-state index in [1.807, 2.05) is 42.5 Å². The van der Waals surface area contributed by atoms with Gasteiger partial charge in [0, 0.05) is 5.69 Å². The van der Waals surface area contributed by atoms with Crippen LogP contribution in [0.1, 0.15) is 38.2 Å². The highest BCUT2D eigenvalue weighted by Crippen LogP contribution is 2.35. The molecule has 1 N–H and O–H groups in total. The van der Waals surface area contributed by atoms with Crippen molar-refractivity contribution in [3.05, 3.63) is 100 Å². The van der Waals surface area contributed by atoms with Gasteiger partial charge in [-0.05, 0) is 76.6 Å². The summed E-state index contributed by atoms with van der Waals surface area (Å²) < 4.78 is 30.7. The minimum atomic E-state index is -3.36. The van der Waals surface area contributed by atoms with Crippen LogP contribution >= 0.6 is 0 Å². The van der Waals surface area contributed by atoms with Gasteiger partial charge in [-0.15, -0.1) is 0 Å². The van der Waals surface area contributed by atoms with Crippen molar-refractivity contribution in [3.63, 3.8) is 0 Å². The van der Waals surface area contributed by atoms with Crippen molar-refractivity contribution in [3.8, 4) is 0 Å². The van der Waals surface area contributed by atoms with Crippen LogP contribution < -0.4 is 4.72 Å². The Kier molecular flexibility index (Phi) is 5.65. The van der Waals surface area contributed by atoms with E-state index in [1.54, 1.807) is 12.1 Å². The summed E-state index contributed by atoms with van der Waals surface area (Å²) in [5, 5.41) is 0. The van der Waals surface area contributed by atoms with Crippen LogP contribution in [0.15, 0.2) is 66.7 Å². The maximum absolute atomic E-state index is 12.0. The van der Waals surface area contributed by atoms with E-state index >= 15 is 0 Å². The fraction of sp³-hybridized carbons (Fsp3) is 0.160. The van der Waals surface area contributed by atoms with Gasteiger partial charge in [0.05, 0.1) is 18.9 Å². The van der Waals surface area contributed by atoms with E-state index in [2.05, 4.69) is 22.9 Å². The number of rotatable bonds is 4. The molecule has 0 saturated carbocycles. The smallest absolute Gasteiger partial charge is 0.337 e. The predicted octanol–water partition coefficient (Wildman–Crippen LogP) is 4.53. The van der Waals surface area contributed by atoms with E-state index in [0.29, 0.717) is 11.3 Å². The molecule has 0 radical (unpaired) electrons. The first-order valence-corrected chi connectivity index (χ1v) is 11.8. The number of esters is 1. The van der Waals surface area contributed by atoms with E-state index in [0.717, 1.165) is 46.9 Å². The van der Waals surface area contributed by atoms with Crippen LogP contribution in [0, 0.1) is 0 Å². The van der Waals surface area contributed by atoms with Gasteiger partial charge >= 0.3 is 5.97 Å². The van der Waals surface area contributed by atoms with Crippen LogP contribution in [0.4, 0.5) is 5.69 Å². The fourth-order valence-electron chi connectivity index (χ4n) is 3.95. The summed E-state index contributed by atoms with van der Waals surface area (Å²) in [5.74, 6) is -0.352. The number of nitrogens with one attached hydrogen (secondary N) is 1. The number of methoxy groups -OCH3 is 1. The first kappa shape index (κ1) is 20.9. The molecule has 4 rings (SSSR count). The van der Waals surface area contributed by atoms with Crippen molar-refractivity contribution in [2.45, 2.75) is 12.8 Å². The van der Waals surface area contributed by atoms with Crippen LogP contribution in [0.3, 0.4) is 0 Å². The summed E-state index contributed by atoms with van der Waals surface area (Å²) in [4.78, 5) is 12.0. The lowest BCUT2D eigenvalue weighted by Gasteiger charge is -2.13. The van der Waals surface area contributed by atoms with Crippen molar-refractivity contribution in [2.24, 2.45) is 0 Å². The molecule has 0 aromatic heterocycles. The lowest BCUT2D eigenvalue weighted by molar-refractivity contribution is 0.0600. The van der Waals surface area contributed by atoms with Gasteiger partial charge in [0.25, 0.3) is 0 Å². The Labute approximate surface area is 182 Å². The normalized spacial score (nSPS) is 14.3. The summed E-state index contributed by atoms with van der Waals surface area (Å²) in [7, 11) is -1.98. The Bertz CT molecular complexity index is 1290. The van der Waals surface area contributed by atoms with Crippen molar-refractivity contribution >= 4 is 33.3 Å². The third-order valence-electron chi connectivity index (χ3n) is 5.29. The number of hydrogen-bond acceptors (Lipinski definition) is 4. The largest absolute Gasteiger partial charge is 0.465 e. The van der Waals surface area contributed by atoms with Gasteiger partial charge < -0.3 is 4.74 Å². The lowest BCUT2D eigenvalue weighted by atomic mass is 9.91. The first-order chi connectivity index (χ1) is 14.8. The summed E-state index contributed by atoms with van der Waals surface area (Å²) in [6.07, 6.45) is 4.87. The number of fused-ring (bicyclic) bond motifs is 2. The first-order valence-electron chi connectivity index (χ1n) is 9.93. The van der Waals surface area contributed by atoms with Gasteiger partial charge in [-0.2, -0.15) is 0 Å². The lowest BCUT2D eigenvalue weighted by Crippen LogP contribution is -2.09. The number of anilines is 1. The highest BCUT2D eigenvalue weighted by Gasteiger charge is 2.20. The van der Waals surface area contributed by atoms with Gasteiger partial charge in [0.15, 0.2) is 0 Å². The van der Waals surface area contributed by atoms with E-state index < -0.39 is 10.0 Å². The maximum Gasteiger partial charge on any atom is 0.337 e. The van der Waals surface area contributed by atoms with E-state index in [4.69, 9.17) is 4.74 Å². The summed E-state index contributed by atoms with van der Waals surface area (Å²) in [6.45, 7) is 0. The number of hydrogen-bond donors (Lipinski definition) is 1. The molecule has 0 aliphatic heterocycles. The summed E-state index contributed by atoms with van der Waals surface area (Å²) in [6, 6.07) is 21.2. The average Bonchev–Trinajstić information content (AvgIpc) is 2.89. The van der Waals surface area contributed by atoms with E-state index in [1.165, 1.54) is 12.7 Å². The number of carbonyl (C=O) groups excluding carboxylic acids is 1. The molecular formula is C25H23NO4S.